The monoisotopic (exact) mass is 466 g/mol. The summed E-state index contributed by atoms with van der Waals surface area (Å²) < 4.78 is 6.98. The Morgan fingerprint density at radius 1 is 1.17 bits per heavy atom. The van der Waals surface area contributed by atoms with Crippen molar-refractivity contribution in [2.24, 2.45) is 4.99 Å². The SMILES string of the molecule is Cc1ccc(C[C@@H]2CONC(c3nc(C)ncc3Oc3cccc(Br)c3)=N2)c(C)c1. The second kappa shape index (κ2) is 8.93. The average Bonchev–Trinajstić information content (AvgIpc) is 2.72. The number of hydroxylamine groups is 1. The van der Waals surface area contributed by atoms with Gasteiger partial charge >= 0.3 is 0 Å². The predicted molar refractivity (Wildman–Crippen MR) is 120 cm³/mol. The van der Waals surface area contributed by atoms with Crippen molar-refractivity contribution in [3.8, 4) is 11.5 Å². The molecule has 1 aliphatic rings. The van der Waals surface area contributed by atoms with Crippen LogP contribution in [0.5, 0.6) is 11.5 Å². The Balaban J connectivity index is 1.62. The zero-order chi connectivity index (χ0) is 21.1. The minimum absolute atomic E-state index is 0.0170. The van der Waals surface area contributed by atoms with Gasteiger partial charge in [-0.2, -0.15) is 0 Å². The third-order valence-electron chi connectivity index (χ3n) is 4.83. The lowest BCUT2D eigenvalue weighted by Crippen LogP contribution is -2.37. The minimum atomic E-state index is -0.0170. The van der Waals surface area contributed by atoms with Crippen molar-refractivity contribution in [1.82, 2.24) is 15.4 Å². The van der Waals surface area contributed by atoms with E-state index in [9.17, 15) is 0 Å². The zero-order valence-electron chi connectivity index (χ0n) is 17.1. The van der Waals surface area contributed by atoms with Crippen molar-refractivity contribution in [3.63, 3.8) is 0 Å². The van der Waals surface area contributed by atoms with E-state index in [1.165, 1.54) is 16.7 Å². The maximum absolute atomic E-state index is 6.05. The van der Waals surface area contributed by atoms with Crippen LogP contribution in [0.15, 0.2) is 58.1 Å². The van der Waals surface area contributed by atoms with E-state index < -0.39 is 0 Å². The number of rotatable bonds is 5. The summed E-state index contributed by atoms with van der Waals surface area (Å²) in [7, 11) is 0. The molecule has 1 N–H and O–H groups in total. The van der Waals surface area contributed by atoms with Gasteiger partial charge in [0.15, 0.2) is 17.3 Å². The Kier molecular flexibility index (Phi) is 6.11. The summed E-state index contributed by atoms with van der Waals surface area (Å²) in [5.41, 5.74) is 7.28. The van der Waals surface area contributed by atoms with Gasteiger partial charge in [0, 0.05) is 4.47 Å². The Morgan fingerprint density at radius 3 is 2.83 bits per heavy atom. The maximum Gasteiger partial charge on any atom is 0.175 e. The molecule has 3 aromatic rings. The van der Waals surface area contributed by atoms with E-state index in [4.69, 9.17) is 14.6 Å². The average molecular weight is 467 g/mol. The fourth-order valence-electron chi connectivity index (χ4n) is 3.36. The summed E-state index contributed by atoms with van der Waals surface area (Å²) in [6.45, 7) is 6.56. The number of amidine groups is 1. The van der Waals surface area contributed by atoms with Crippen molar-refractivity contribution in [2.45, 2.75) is 33.2 Å². The quantitative estimate of drug-likeness (QED) is 0.581. The first-order valence-electron chi connectivity index (χ1n) is 9.77. The number of aromatic nitrogens is 2. The molecule has 0 unspecified atom stereocenters. The highest BCUT2D eigenvalue weighted by atomic mass is 79.9. The Bertz CT molecular complexity index is 1100. The topological polar surface area (TPSA) is 68.6 Å². The molecular weight excluding hydrogens is 444 g/mol. The van der Waals surface area contributed by atoms with Gasteiger partial charge in [-0.3, -0.25) is 9.83 Å². The van der Waals surface area contributed by atoms with Crippen LogP contribution in [0, 0.1) is 20.8 Å². The molecule has 0 spiro atoms. The third kappa shape index (κ3) is 4.86. The first-order valence-corrected chi connectivity index (χ1v) is 10.6. The fourth-order valence-corrected chi connectivity index (χ4v) is 3.73. The third-order valence-corrected chi connectivity index (χ3v) is 5.33. The van der Waals surface area contributed by atoms with Crippen LogP contribution in [-0.4, -0.2) is 28.5 Å². The van der Waals surface area contributed by atoms with E-state index in [2.05, 4.69) is 63.4 Å². The molecule has 4 rings (SSSR count). The summed E-state index contributed by atoms with van der Waals surface area (Å²) in [6, 6.07) is 14.1. The van der Waals surface area contributed by atoms with Gasteiger partial charge in [0.2, 0.25) is 0 Å². The largest absolute Gasteiger partial charge is 0.453 e. The standard InChI is InChI=1S/C23H23BrN4O2/c1-14-7-8-17(15(2)9-14)10-19-13-29-28-23(27-19)22-21(12-25-16(3)26-22)30-20-6-4-5-18(24)11-20/h4-9,11-12,19H,10,13H2,1-3H3,(H,27,28)/t19-/m1/s1. The first-order chi connectivity index (χ1) is 14.5. The zero-order valence-corrected chi connectivity index (χ0v) is 18.7. The van der Waals surface area contributed by atoms with Gasteiger partial charge in [-0.05, 0) is 56.5 Å². The number of halogens is 1. The number of hydrogen-bond acceptors (Lipinski definition) is 6. The molecule has 6 nitrogen and oxygen atoms in total. The summed E-state index contributed by atoms with van der Waals surface area (Å²) in [5.74, 6) is 2.38. The van der Waals surface area contributed by atoms with Gasteiger partial charge in [0.1, 0.15) is 11.6 Å². The number of hydrogen-bond donors (Lipinski definition) is 1. The molecule has 0 aliphatic carbocycles. The van der Waals surface area contributed by atoms with Gasteiger partial charge in [-0.25, -0.2) is 15.4 Å². The Morgan fingerprint density at radius 2 is 2.03 bits per heavy atom. The van der Waals surface area contributed by atoms with Gasteiger partial charge in [-0.15, -0.1) is 0 Å². The van der Waals surface area contributed by atoms with Crippen molar-refractivity contribution in [2.75, 3.05) is 6.61 Å². The smallest absolute Gasteiger partial charge is 0.175 e. The molecule has 0 saturated carbocycles. The van der Waals surface area contributed by atoms with Crippen LogP contribution in [0.1, 0.15) is 28.2 Å². The van der Waals surface area contributed by atoms with Crippen molar-refractivity contribution < 1.29 is 9.57 Å². The highest BCUT2D eigenvalue weighted by Gasteiger charge is 2.22. The van der Waals surface area contributed by atoms with Crippen LogP contribution < -0.4 is 10.2 Å². The Labute approximate surface area is 184 Å². The van der Waals surface area contributed by atoms with E-state index in [1.54, 1.807) is 6.20 Å². The van der Waals surface area contributed by atoms with E-state index in [-0.39, 0.29) is 6.04 Å². The molecule has 7 heteroatoms. The normalized spacial score (nSPS) is 16.0. The molecule has 30 heavy (non-hydrogen) atoms. The highest BCUT2D eigenvalue weighted by Crippen LogP contribution is 2.27. The molecule has 0 saturated heterocycles. The molecule has 1 aliphatic heterocycles. The maximum atomic E-state index is 6.05. The van der Waals surface area contributed by atoms with Gasteiger partial charge in [-0.1, -0.05) is 45.8 Å². The molecular formula is C23H23BrN4O2. The molecule has 0 radical (unpaired) electrons. The summed E-state index contributed by atoms with van der Waals surface area (Å²) in [5, 5.41) is 0. The van der Waals surface area contributed by atoms with Crippen molar-refractivity contribution in [1.29, 1.82) is 0 Å². The second-order valence-corrected chi connectivity index (χ2v) is 8.28. The van der Waals surface area contributed by atoms with Gasteiger partial charge in [0.25, 0.3) is 0 Å². The number of ether oxygens (including phenoxy) is 1. The molecule has 0 bridgehead atoms. The number of nitrogens with zero attached hydrogens (tertiary/aromatic N) is 3. The van der Waals surface area contributed by atoms with E-state index in [0.717, 1.165) is 10.9 Å². The van der Waals surface area contributed by atoms with Crippen LogP contribution >= 0.6 is 15.9 Å². The minimum Gasteiger partial charge on any atom is -0.453 e. The van der Waals surface area contributed by atoms with Gasteiger partial charge in [0.05, 0.1) is 18.8 Å². The summed E-state index contributed by atoms with van der Waals surface area (Å²) in [6.07, 6.45) is 2.46. The molecule has 1 aromatic heterocycles. The van der Waals surface area contributed by atoms with Crippen molar-refractivity contribution in [3.05, 3.63) is 81.3 Å². The molecule has 2 heterocycles. The molecule has 0 amide bonds. The molecule has 2 aromatic carbocycles. The molecule has 154 valence electrons. The lowest BCUT2D eigenvalue weighted by atomic mass is 9.99. The van der Waals surface area contributed by atoms with E-state index in [1.807, 2.05) is 31.2 Å². The van der Waals surface area contributed by atoms with Gasteiger partial charge < -0.3 is 4.74 Å². The molecule has 0 fully saturated rings. The Hall–Kier alpha value is -2.77. The number of benzene rings is 2. The summed E-state index contributed by atoms with van der Waals surface area (Å²) >= 11 is 3.46. The van der Waals surface area contributed by atoms with Crippen LogP contribution in [-0.2, 0) is 11.3 Å². The van der Waals surface area contributed by atoms with E-state index in [0.29, 0.717) is 35.5 Å². The number of aliphatic imine (C=N–C) groups is 1. The molecule has 1 atom stereocenters. The van der Waals surface area contributed by atoms with Crippen LogP contribution in [0.2, 0.25) is 0 Å². The first kappa shape index (κ1) is 20.5. The second-order valence-electron chi connectivity index (χ2n) is 7.37. The number of aryl methyl sites for hydroxylation is 3. The highest BCUT2D eigenvalue weighted by molar-refractivity contribution is 9.10. The van der Waals surface area contributed by atoms with Crippen LogP contribution in [0.4, 0.5) is 0 Å². The summed E-state index contributed by atoms with van der Waals surface area (Å²) in [4.78, 5) is 19.4. The lowest BCUT2D eigenvalue weighted by Gasteiger charge is -2.23. The fraction of sp³-hybridized carbons (Fsp3) is 0.261. The van der Waals surface area contributed by atoms with Crippen LogP contribution in [0.3, 0.4) is 0 Å². The van der Waals surface area contributed by atoms with E-state index >= 15 is 0 Å². The predicted octanol–water partition coefficient (Wildman–Crippen LogP) is 4.85. The number of nitrogens with one attached hydrogen (secondary N) is 1. The van der Waals surface area contributed by atoms with Crippen LogP contribution in [0.25, 0.3) is 0 Å². The lowest BCUT2D eigenvalue weighted by molar-refractivity contribution is 0.0621. The van der Waals surface area contributed by atoms with Crippen molar-refractivity contribution >= 4 is 21.8 Å².